The minimum absolute atomic E-state index is 0.107. The number of nitrogens with one attached hydrogen (secondary N) is 2. The van der Waals surface area contributed by atoms with Crippen molar-refractivity contribution in [3.8, 4) is 0 Å². The van der Waals surface area contributed by atoms with Gasteiger partial charge in [-0.05, 0) is 25.5 Å². The molecule has 0 saturated carbocycles. The fourth-order valence-corrected chi connectivity index (χ4v) is 2.25. The number of para-hydroxylation sites is 1. The van der Waals surface area contributed by atoms with Crippen molar-refractivity contribution in [1.82, 2.24) is 10.6 Å². The molecule has 1 aliphatic heterocycles. The Kier molecular flexibility index (Phi) is 6.05. The van der Waals surface area contributed by atoms with Crippen LogP contribution < -0.4 is 15.5 Å². The second-order valence-corrected chi connectivity index (χ2v) is 5.73. The fourth-order valence-electron chi connectivity index (χ4n) is 2.25. The number of imide groups is 1. The molecule has 1 heterocycles. The minimum atomic E-state index is -0.875. The van der Waals surface area contributed by atoms with E-state index in [0.29, 0.717) is 12.1 Å². The molecular weight excluding hydrogens is 342 g/mol. The van der Waals surface area contributed by atoms with Crippen molar-refractivity contribution in [2.75, 3.05) is 18.1 Å². The van der Waals surface area contributed by atoms with Gasteiger partial charge in [0.15, 0.2) is 6.61 Å². The van der Waals surface area contributed by atoms with Gasteiger partial charge in [-0.15, -0.1) is 0 Å². The Balaban J connectivity index is 1.84. The molecule has 2 N–H and O–H groups in total. The zero-order valence-electron chi connectivity index (χ0n) is 14.4. The van der Waals surface area contributed by atoms with Crippen molar-refractivity contribution in [2.24, 2.45) is 0 Å². The number of ketones is 1. The van der Waals surface area contributed by atoms with E-state index in [-0.39, 0.29) is 11.6 Å². The van der Waals surface area contributed by atoms with E-state index in [1.807, 2.05) is 12.2 Å². The number of hydrogen-bond donors (Lipinski definition) is 2. The SMILES string of the molecule is CC[C@@H](C)NC(=O)NC(=O)COC(=O)CN1C(=O)C(=O)c2ccccc21. The number of ether oxygens (including phenoxy) is 1. The number of urea groups is 1. The lowest BCUT2D eigenvalue weighted by Crippen LogP contribution is -2.45. The summed E-state index contributed by atoms with van der Waals surface area (Å²) in [5, 5.41) is 4.55. The summed E-state index contributed by atoms with van der Waals surface area (Å²) in [5.74, 6) is -3.21. The Morgan fingerprint density at radius 2 is 1.88 bits per heavy atom. The van der Waals surface area contributed by atoms with Crippen molar-refractivity contribution >= 4 is 35.3 Å². The van der Waals surface area contributed by atoms with Gasteiger partial charge in [0.25, 0.3) is 17.6 Å². The number of fused-ring (bicyclic) bond motifs is 1. The van der Waals surface area contributed by atoms with E-state index >= 15 is 0 Å². The van der Waals surface area contributed by atoms with Crippen LogP contribution in [-0.2, 0) is 19.1 Å². The largest absolute Gasteiger partial charge is 0.454 e. The monoisotopic (exact) mass is 361 g/mol. The summed E-state index contributed by atoms with van der Waals surface area (Å²) in [4.78, 5) is 59.7. The average Bonchev–Trinajstić information content (AvgIpc) is 2.85. The molecule has 0 saturated heterocycles. The molecule has 26 heavy (non-hydrogen) atoms. The summed E-state index contributed by atoms with van der Waals surface area (Å²) in [6.07, 6.45) is 0.695. The van der Waals surface area contributed by atoms with E-state index in [4.69, 9.17) is 4.74 Å². The Labute approximate surface area is 149 Å². The van der Waals surface area contributed by atoms with Gasteiger partial charge in [-0.2, -0.15) is 0 Å². The first-order chi connectivity index (χ1) is 12.3. The molecule has 0 radical (unpaired) electrons. The van der Waals surface area contributed by atoms with E-state index in [2.05, 4.69) is 5.32 Å². The van der Waals surface area contributed by atoms with E-state index in [0.717, 1.165) is 4.90 Å². The number of benzene rings is 1. The van der Waals surface area contributed by atoms with Crippen LogP contribution in [0.25, 0.3) is 0 Å². The van der Waals surface area contributed by atoms with Crippen LogP contribution in [0.1, 0.15) is 30.6 Å². The number of carbonyl (C=O) groups is 5. The van der Waals surface area contributed by atoms with Gasteiger partial charge in [0.05, 0.1) is 11.3 Å². The Morgan fingerprint density at radius 1 is 1.19 bits per heavy atom. The summed E-state index contributed by atoms with van der Waals surface area (Å²) in [7, 11) is 0. The third-order valence-electron chi connectivity index (χ3n) is 3.77. The number of rotatable bonds is 6. The van der Waals surface area contributed by atoms with Crippen LogP contribution in [0.15, 0.2) is 24.3 Å². The lowest BCUT2D eigenvalue weighted by Gasteiger charge is -2.15. The van der Waals surface area contributed by atoms with Gasteiger partial charge in [0.1, 0.15) is 6.54 Å². The standard InChI is InChI=1S/C17H19N3O6/c1-3-10(2)18-17(25)19-13(21)9-26-14(22)8-20-12-7-5-4-6-11(12)15(23)16(20)24/h4-7,10H,3,8-9H2,1-2H3,(H2,18,19,21,25)/t10-/m1/s1. The van der Waals surface area contributed by atoms with Gasteiger partial charge in [0.2, 0.25) is 0 Å². The number of Topliss-reactive ketones (excluding diaryl/α,β-unsaturated/α-hetero) is 1. The van der Waals surface area contributed by atoms with Crippen molar-refractivity contribution in [3.05, 3.63) is 29.8 Å². The maximum absolute atomic E-state index is 11.9. The minimum Gasteiger partial charge on any atom is -0.454 e. The van der Waals surface area contributed by atoms with Crippen LogP contribution in [-0.4, -0.2) is 48.8 Å². The predicted octanol–water partition coefficient (Wildman–Crippen LogP) is 0.383. The predicted molar refractivity (Wildman–Crippen MR) is 90.5 cm³/mol. The van der Waals surface area contributed by atoms with E-state index in [9.17, 15) is 24.0 Å². The zero-order chi connectivity index (χ0) is 19.3. The summed E-state index contributed by atoms with van der Waals surface area (Å²) in [5.41, 5.74) is 0.529. The molecule has 0 spiro atoms. The normalized spacial score (nSPS) is 13.8. The van der Waals surface area contributed by atoms with Gasteiger partial charge in [0, 0.05) is 6.04 Å². The second-order valence-electron chi connectivity index (χ2n) is 5.73. The Hall–Kier alpha value is -3.23. The molecule has 0 bridgehead atoms. The molecule has 1 atom stereocenters. The van der Waals surface area contributed by atoms with Gasteiger partial charge in [-0.3, -0.25) is 29.4 Å². The molecule has 9 heteroatoms. The highest BCUT2D eigenvalue weighted by Gasteiger charge is 2.36. The summed E-state index contributed by atoms with van der Waals surface area (Å²) >= 11 is 0. The van der Waals surface area contributed by atoms with Gasteiger partial charge >= 0.3 is 12.0 Å². The topological polar surface area (TPSA) is 122 Å². The number of esters is 1. The van der Waals surface area contributed by atoms with Gasteiger partial charge in [-0.25, -0.2) is 4.79 Å². The Bertz CT molecular complexity index is 761. The molecule has 0 fully saturated rings. The fraction of sp³-hybridized carbons (Fsp3) is 0.353. The third kappa shape index (κ3) is 4.44. The molecule has 1 aromatic rings. The van der Waals surface area contributed by atoms with E-state index in [1.54, 1.807) is 19.1 Å². The summed E-state index contributed by atoms with van der Waals surface area (Å²) in [6, 6.07) is 5.48. The molecule has 138 valence electrons. The lowest BCUT2D eigenvalue weighted by atomic mass is 10.1. The number of amides is 4. The quantitative estimate of drug-likeness (QED) is 0.558. The molecule has 9 nitrogen and oxygen atoms in total. The highest BCUT2D eigenvalue weighted by molar-refractivity contribution is 6.52. The second kappa shape index (κ2) is 8.24. The van der Waals surface area contributed by atoms with E-state index in [1.165, 1.54) is 12.1 Å². The van der Waals surface area contributed by atoms with Gasteiger partial charge in [-0.1, -0.05) is 19.1 Å². The van der Waals surface area contributed by atoms with Crippen LogP contribution in [0.3, 0.4) is 0 Å². The van der Waals surface area contributed by atoms with Crippen LogP contribution in [0.4, 0.5) is 10.5 Å². The maximum Gasteiger partial charge on any atom is 0.326 e. The number of hydrogen-bond acceptors (Lipinski definition) is 6. The number of nitrogens with zero attached hydrogens (tertiary/aromatic N) is 1. The smallest absolute Gasteiger partial charge is 0.326 e. The molecular formula is C17H19N3O6. The summed E-state index contributed by atoms with van der Waals surface area (Å²) < 4.78 is 4.76. The van der Waals surface area contributed by atoms with Crippen LogP contribution in [0.2, 0.25) is 0 Å². The lowest BCUT2D eigenvalue weighted by molar-refractivity contribution is -0.147. The highest BCUT2D eigenvalue weighted by atomic mass is 16.5. The summed E-state index contributed by atoms with van der Waals surface area (Å²) in [6.45, 7) is 2.46. The zero-order valence-corrected chi connectivity index (χ0v) is 14.4. The number of anilines is 1. The Morgan fingerprint density at radius 3 is 2.58 bits per heavy atom. The molecule has 1 aliphatic rings. The molecule has 0 unspecified atom stereocenters. The maximum atomic E-state index is 11.9. The van der Waals surface area contributed by atoms with Crippen molar-refractivity contribution in [2.45, 2.75) is 26.3 Å². The van der Waals surface area contributed by atoms with Crippen molar-refractivity contribution < 1.29 is 28.7 Å². The van der Waals surface area contributed by atoms with Crippen molar-refractivity contribution in [1.29, 1.82) is 0 Å². The first kappa shape index (κ1) is 19.1. The molecule has 2 rings (SSSR count). The van der Waals surface area contributed by atoms with Crippen LogP contribution >= 0.6 is 0 Å². The average molecular weight is 361 g/mol. The molecule has 0 aliphatic carbocycles. The molecule has 0 aromatic heterocycles. The molecule has 4 amide bonds. The third-order valence-corrected chi connectivity index (χ3v) is 3.77. The first-order valence-corrected chi connectivity index (χ1v) is 8.04. The van der Waals surface area contributed by atoms with Crippen LogP contribution in [0, 0.1) is 0 Å². The van der Waals surface area contributed by atoms with Crippen LogP contribution in [0.5, 0.6) is 0 Å². The van der Waals surface area contributed by atoms with Gasteiger partial charge < -0.3 is 10.1 Å². The number of carbonyl (C=O) groups excluding carboxylic acids is 5. The highest BCUT2D eigenvalue weighted by Crippen LogP contribution is 2.28. The first-order valence-electron chi connectivity index (χ1n) is 8.04. The van der Waals surface area contributed by atoms with Crippen molar-refractivity contribution in [3.63, 3.8) is 0 Å². The molecule has 1 aromatic carbocycles. The van der Waals surface area contributed by atoms with E-state index < -0.39 is 42.7 Å².